The van der Waals surface area contributed by atoms with Crippen molar-refractivity contribution < 1.29 is 32.4 Å². The van der Waals surface area contributed by atoms with Gasteiger partial charge in [0.2, 0.25) is 0 Å². The molecule has 0 bridgehead atoms. The zero-order chi connectivity index (χ0) is 27.7. The molecular formula is C26H30F3N5O4. The zero-order valence-electron chi connectivity index (χ0n) is 21.5. The maximum atomic E-state index is 13.6. The summed E-state index contributed by atoms with van der Waals surface area (Å²) >= 11 is 0. The molecule has 2 aliphatic heterocycles. The number of amides is 1. The first-order valence-electron chi connectivity index (χ1n) is 12.5. The van der Waals surface area contributed by atoms with Gasteiger partial charge in [0, 0.05) is 38.4 Å². The lowest BCUT2D eigenvalue weighted by Gasteiger charge is -2.47. The summed E-state index contributed by atoms with van der Waals surface area (Å²) in [6, 6.07) is 8.41. The van der Waals surface area contributed by atoms with Crippen LogP contribution in [0.15, 0.2) is 41.2 Å². The Morgan fingerprint density at radius 3 is 2.58 bits per heavy atom. The smallest absolute Gasteiger partial charge is 0.475 e. The second kappa shape index (κ2) is 10.5. The van der Waals surface area contributed by atoms with E-state index in [-0.39, 0.29) is 11.4 Å². The molecule has 204 valence electrons. The molecule has 0 aromatic carbocycles. The van der Waals surface area contributed by atoms with Crippen molar-refractivity contribution in [1.29, 1.82) is 0 Å². The summed E-state index contributed by atoms with van der Waals surface area (Å²) < 4.78 is 39.4. The van der Waals surface area contributed by atoms with Crippen LogP contribution < -0.4 is 4.90 Å². The van der Waals surface area contributed by atoms with Crippen molar-refractivity contribution in [3.8, 4) is 5.82 Å². The summed E-state index contributed by atoms with van der Waals surface area (Å²) in [7, 11) is 0. The quantitative estimate of drug-likeness (QED) is 0.506. The Labute approximate surface area is 217 Å². The number of carboxylic acids is 1. The van der Waals surface area contributed by atoms with Crippen LogP contribution in [0.25, 0.3) is 5.82 Å². The number of halogens is 3. The van der Waals surface area contributed by atoms with E-state index < -0.39 is 12.1 Å². The topological polar surface area (TPSA) is 105 Å². The predicted octanol–water partition coefficient (Wildman–Crippen LogP) is 4.73. The highest BCUT2D eigenvalue weighted by Crippen LogP contribution is 2.47. The highest BCUT2D eigenvalue weighted by Gasteiger charge is 2.51. The molecule has 1 saturated heterocycles. The fourth-order valence-corrected chi connectivity index (χ4v) is 5.30. The standard InChI is InChI=1S/C24H29N5O2.C2HF3O2/c1-4-8-19-21(17(3)26-31-19)23(30)27-15-11-24(16-27)20-10-7-14-28(20)22-18(9-6-12-25-22)29(24)13-5-2;3-2(4,5)1(6)7/h6-7,9-10,12,14H,4-5,8,11,13,15-16H2,1-3H3;(H,6,7). The largest absolute Gasteiger partial charge is 0.490 e. The minimum atomic E-state index is -5.08. The van der Waals surface area contributed by atoms with Crippen LogP contribution >= 0.6 is 0 Å². The van der Waals surface area contributed by atoms with Gasteiger partial charge in [0.05, 0.1) is 17.1 Å². The van der Waals surface area contributed by atoms with E-state index in [0.29, 0.717) is 30.1 Å². The summed E-state index contributed by atoms with van der Waals surface area (Å²) in [5.41, 5.74) is 3.41. The Kier molecular flexibility index (Phi) is 7.52. The van der Waals surface area contributed by atoms with Crippen molar-refractivity contribution in [2.24, 2.45) is 0 Å². The maximum Gasteiger partial charge on any atom is 0.490 e. The molecule has 1 unspecified atom stereocenters. The lowest BCUT2D eigenvalue weighted by molar-refractivity contribution is -0.192. The molecule has 1 spiro atoms. The van der Waals surface area contributed by atoms with Crippen LogP contribution in [0.1, 0.15) is 60.6 Å². The van der Waals surface area contributed by atoms with Crippen molar-refractivity contribution in [3.63, 3.8) is 0 Å². The predicted molar refractivity (Wildman–Crippen MR) is 132 cm³/mol. The molecule has 5 heterocycles. The number of aliphatic carboxylic acids is 1. The third-order valence-corrected chi connectivity index (χ3v) is 6.88. The monoisotopic (exact) mass is 533 g/mol. The number of likely N-dealkylation sites (tertiary alicyclic amines) is 1. The van der Waals surface area contributed by atoms with E-state index in [9.17, 15) is 18.0 Å². The van der Waals surface area contributed by atoms with E-state index in [0.717, 1.165) is 43.7 Å². The number of rotatable bonds is 5. The molecule has 1 amide bonds. The van der Waals surface area contributed by atoms with E-state index in [2.05, 4.69) is 57.9 Å². The average molecular weight is 534 g/mol. The van der Waals surface area contributed by atoms with Gasteiger partial charge in [-0.3, -0.25) is 4.79 Å². The number of carboxylic acid groups (broad SMARTS) is 1. The van der Waals surface area contributed by atoms with Gasteiger partial charge in [0.1, 0.15) is 16.9 Å². The number of carbonyl (C=O) groups excluding carboxylic acids is 1. The molecule has 0 aliphatic carbocycles. The van der Waals surface area contributed by atoms with Gasteiger partial charge in [0.25, 0.3) is 5.91 Å². The number of alkyl halides is 3. The third-order valence-electron chi connectivity index (χ3n) is 6.88. The van der Waals surface area contributed by atoms with Crippen LogP contribution in [0.4, 0.5) is 18.9 Å². The van der Waals surface area contributed by atoms with Gasteiger partial charge in [-0.25, -0.2) is 9.78 Å². The van der Waals surface area contributed by atoms with E-state index >= 15 is 0 Å². The molecular weight excluding hydrogens is 503 g/mol. The number of nitrogens with zero attached hydrogens (tertiary/aromatic N) is 5. The highest BCUT2D eigenvalue weighted by atomic mass is 19.4. The molecule has 12 heteroatoms. The molecule has 5 rings (SSSR count). The number of hydrogen-bond donors (Lipinski definition) is 1. The Hall–Kier alpha value is -3.83. The molecule has 0 saturated carbocycles. The molecule has 9 nitrogen and oxygen atoms in total. The average Bonchev–Trinajstić information content (AvgIpc) is 3.61. The van der Waals surface area contributed by atoms with Gasteiger partial charge in [-0.15, -0.1) is 0 Å². The van der Waals surface area contributed by atoms with Crippen molar-refractivity contribution in [1.82, 2.24) is 19.6 Å². The van der Waals surface area contributed by atoms with Crippen LogP contribution in [0.2, 0.25) is 0 Å². The Morgan fingerprint density at radius 2 is 1.92 bits per heavy atom. The Bertz CT molecular complexity index is 1320. The molecule has 3 aromatic rings. The number of fused-ring (bicyclic) bond motifs is 4. The van der Waals surface area contributed by atoms with Gasteiger partial charge in [-0.05, 0) is 50.5 Å². The summed E-state index contributed by atoms with van der Waals surface area (Å²) in [4.78, 5) is 31.6. The first-order valence-corrected chi connectivity index (χ1v) is 12.5. The van der Waals surface area contributed by atoms with Crippen LogP contribution in [-0.2, 0) is 16.8 Å². The number of anilines is 1. The number of aryl methyl sites for hydroxylation is 2. The second-order valence-corrected chi connectivity index (χ2v) is 9.39. The highest BCUT2D eigenvalue weighted by molar-refractivity contribution is 5.96. The van der Waals surface area contributed by atoms with Crippen LogP contribution in [-0.4, -0.2) is 62.4 Å². The van der Waals surface area contributed by atoms with Gasteiger partial charge in [-0.2, -0.15) is 13.2 Å². The first kappa shape index (κ1) is 27.2. The van der Waals surface area contributed by atoms with Crippen LogP contribution in [0.5, 0.6) is 0 Å². The lowest BCUT2D eigenvalue weighted by atomic mass is 9.88. The molecule has 0 radical (unpaired) electrons. The fourth-order valence-electron chi connectivity index (χ4n) is 5.30. The van der Waals surface area contributed by atoms with Gasteiger partial charge < -0.3 is 24.0 Å². The minimum absolute atomic E-state index is 0.0330. The maximum absolute atomic E-state index is 13.6. The van der Waals surface area contributed by atoms with E-state index in [1.807, 2.05) is 24.1 Å². The minimum Gasteiger partial charge on any atom is -0.475 e. The van der Waals surface area contributed by atoms with Crippen molar-refractivity contribution in [2.45, 2.75) is 58.2 Å². The number of aromatic nitrogens is 3. The van der Waals surface area contributed by atoms with Crippen molar-refractivity contribution in [2.75, 3.05) is 24.5 Å². The summed E-state index contributed by atoms with van der Waals surface area (Å²) in [6.07, 6.45) is 2.39. The summed E-state index contributed by atoms with van der Waals surface area (Å²) in [5.74, 6) is -1.05. The molecule has 1 fully saturated rings. The van der Waals surface area contributed by atoms with Crippen LogP contribution in [0.3, 0.4) is 0 Å². The Balaban J connectivity index is 0.000000426. The first-order chi connectivity index (χ1) is 18.0. The number of carbonyl (C=O) groups is 2. The lowest BCUT2D eigenvalue weighted by Crippen LogP contribution is -2.53. The molecule has 1 N–H and O–H groups in total. The van der Waals surface area contributed by atoms with E-state index in [1.54, 1.807) is 0 Å². The van der Waals surface area contributed by atoms with E-state index in [4.69, 9.17) is 14.4 Å². The van der Waals surface area contributed by atoms with Crippen LogP contribution in [0, 0.1) is 6.92 Å². The number of pyridine rings is 1. The fraction of sp³-hybridized carbons (Fsp3) is 0.462. The zero-order valence-corrected chi connectivity index (χ0v) is 21.5. The Morgan fingerprint density at radius 1 is 1.18 bits per heavy atom. The summed E-state index contributed by atoms with van der Waals surface area (Å²) in [5, 5.41) is 11.2. The van der Waals surface area contributed by atoms with Gasteiger partial charge in [-0.1, -0.05) is 19.0 Å². The number of hydrogen-bond acceptors (Lipinski definition) is 6. The normalized spacial score (nSPS) is 18.2. The van der Waals surface area contributed by atoms with Gasteiger partial charge in [0.15, 0.2) is 5.82 Å². The van der Waals surface area contributed by atoms with E-state index in [1.165, 1.54) is 5.69 Å². The molecule has 1 atom stereocenters. The molecule has 3 aromatic heterocycles. The van der Waals surface area contributed by atoms with Crippen molar-refractivity contribution >= 4 is 17.6 Å². The summed E-state index contributed by atoms with van der Waals surface area (Å²) in [6.45, 7) is 8.41. The van der Waals surface area contributed by atoms with Gasteiger partial charge >= 0.3 is 12.1 Å². The third kappa shape index (κ3) is 4.74. The second-order valence-electron chi connectivity index (χ2n) is 9.39. The molecule has 38 heavy (non-hydrogen) atoms. The van der Waals surface area contributed by atoms with Crippen molar-refractivity contribution in [3.05, 3.63) is 59.4 Å². The SMILES string of the molecule is CCCc1onc(C)c1C(=O)N1CCC2(C1)c1cccn1-c1ncccc1N2CCC.O=C(O)C(F)(F)F. The molecule has 2 aliphatic rings.